The van der Waals surface area contributed by atoms with Crippen molar-refractivity contribution >= 4 is 22.9 Å². The van der Waals surface area contributed by atoms with Gasteiger partial charge in [-0.15, -0.1) is 0 Å². The van der Waals surface area contributed by atoms with Gasteiger partial charge >= 0.3 is 6.09 Å². The highest BCUT2D eigenvalue weighted by Crippen LogP contribution is 2.27. The molecule has 1 aromatic heterocycles. The van der Waals surface area contributed by atoms with Gasteiger partial charge < -0.3 is 20.1 Å². The lowest BCUT2D eigenvalue weighted by Crippen LogP contribution is -2.37. The van der Waals surface area contributed by atoms with E-state index in [1.807, 2.05) is 46.3 Å². The summed E-state index contributed by atoms with van der Waals surface area (Å²) in [6.45, 7) is 4.47. The van der Waals surface area contributed by atoms with Gasteiger partial charge in [-0.05, 0) is 50.2 Å². The maximum absolute atomic E-state index is 13.0. The predicted octanol–water partition coefficient (Wildman–Crippen LogP) is 2.51. The average molecular weight is 361 g/mol. The van der Waals surface area contributed by atoms with Crippen molar-refractivity contribution < 1.29 is 19.1 Å². The van der Waals surface area contributed by atoms with Gasteiger partial charge in [-0.25, -0.2) is 4.79 Å². The Balaban J connectivity index is 2.51. The number of nitrogens with zero attached hydrogens (tertiary/aromatic N) is 2. The zero-order chi connectivity index (χ0) is 19.4. The molecular formula is C19H27N3O4. The minimum Gasteiger partial charge on any atom is -0.497 e. The summed E-state index contributed by atoms with van der Waals surface area (Å²) in [6, 6.07) is 5.57. The Morgan fingerprint density at radius 1 is 1.27 bits per heavy atom. The Morgan fingerprint density at radius 2 is 1.96 bits per heavy atom. The van der Waals surface area contributed by atoms with Gasteiger partial charge in [0, 0.05) is 18.1 Å². The normalized spacial score (nSPS) is 12.6. The molecule has 1 amide bonds. The zero-order valence-electron chi connectivity index (χ0n) is 16.0. The van der Waals surface area contributed by atoms with Gasteiger partial charge in [-0.2, -0.15) is 0 Å². The van der Waals surface area contributed by atoms with E-state index in [0.29, 0.717) is 0 Å². The van der Waals surface area contributed by atoms with E-state index in [4.69, 9.17) is 15.2 Å². The smallest absolute Gasteiger partial charge is 0.405 e. The third-order valence-corrected chi connectivity index (χ3v) is 4.25. The molecule has 2 N–H and O–H groups in total. The Hall–Kier alpha value is -2.54. The van der Waals surface area contributed by atoms with Gasteiger partial charge in [0.15, 0.2) is 6.10 Å². The monoisotopic (exact) mass is 361 g/mol. The minimum atomic E-state index is -0.956. The van der Waals surface area contributed by atoms with Crippen molar-refractivity contribution in [1.29, 1.82) is 0 Å². The molecule has 2 aromatic rings. The first-order chi connectivity index (χ1) is 12.2. The summed E-state index contributed by atoms with van der Waals surface area (Å²) in [4.78, 5) is 26.3. The number of primary amides is 1. The van der Waals surface area contributed by atoms with Crippen LogP contribution in [0.3, 0.4) is 0 Å². The van der Waals surface area contributed by atoms with Crippen LogP contribution in [0.5, 0.6) is 5.75 Å². The quantitative estimate of drug-likeness (QED) is 0.819. The summed E-state index contributed by atoms with van der Waals surface area (Å²) in [7, 11) is 5.61. The topological polar surface area (TPSA) is 86.8 Å². The number of methoxy groups -OCH3 is 1. The number of rotatable bonds is 7. The number of hydrogen-bond acceptors (Lipinski definition) is 5. The standard InChI is InChI=1S/C19H27N3O4/c1-12(2)17(26-19(20)24)18(23)22-11-13(8-9-21(3)4)15-10-14(25-5)6-7-16(15)22/h6-7,10-12,17H,8-9H2,1-5H3,(H2,20,24). The van der Waals surface area contributed by atoms with Crippen molar-refractivity contribution in [2.45, 2.75) is 26.4 Å². The highest BCUT2D eigenvalue weighted by Gasteiger charge is 2.28. The number of amides is 1. The van der Waals surface area contributed by atoms with Crippen LogP contribution in [0.4, 0.5) is 4.79 Å². The molecule has 1 unspecified atom stereocenters. The number of hydrogen-bond donors (Lipinski definition) is 1. The molecule has 7 nitrogen and oxygen atoms in total. The molecule has 0 aliphatic rings. The molecule has 0 saturated carbocycles. The van der Waals surface area contributed by atoms with Crippen molar-refractivity contribution in [3.63, 3.8) is 0 Å². The molecule has 0 spiro atoms. The van der Waals surface area contributed by atoms with E-state index in [0.717, 1.165) is 35.2 Å². The van der Waals surface area contributed by atoms with E-state index in [1.54, 1.807) is 17.7 Å². The van der Waals surface area contributed by atoms with Crippen molar-refractivity contribution in [2.24, 2.45) is 11.7 Å². The zero-order valence-corrected chi connectivity index (χ0v) is 16.0. The molecule has 142 valence electrons. The fourth-order valence-electron chi connectivity index (χ4n) is 2.86. The van der Waals surface area contributed by atoms with E-state index in [9.17, 15) is 9.59 Å². The molecule has 0 saturated heterocycles. The molecule has 1 heterocycles. The number of nitrogens with two attached hydrogens (primary N) is 1. The van der Waals surface area contributed by atoms with E-state index in [-0.39, 0.29) is 11.8 Å². The summed E-state index contributed by atoms with van der Waals surface area (Å²) in [5.74, 6) is 0.212. The fraction of sp³-hybridized carbons (Fsp3) is 0.474. The molecule has 1 aromatic carbocycles. The SMILES string of the molecule is COc1ccc2c(c1)c(CCN(C)C)cn2C(=O)C(OC(N)=O)C(C)C. The number of fused-ring (bicyclic) bond motifs is 1. The largest absolute Gasteiger partial charge is 0.497 e. The van der Waals surface area contributed by atoms with Crippen molar-refractivity contribution in [1.82, 2.24) is 9.47 Å². The van der Waals surface area contributed by atoms with E-state index < -0.39 is 12.2 Å². The van der Waals surface area contributed by atoms with Crippen molar-refractivity contribution in [3.05, 3.63) is 30.0 Å². The summed E-state index contributed by atoms with van der Waals surface area (Å²) >= 11 is 0. The second-order valence-electron chi connectivity index (χ2n) is 6.90. The van der Waals surface area contributed by atoms with E-state index >= 15 is 0 Å². The predicted molar refractivity (Wildman–Crippen MR) is 101 cm³/mol. The van der Waals surface area contributed by atoms with Crippen LogP contribution in [0.1, 0.15) is 24.2 Å². The van der Waals surface area contributed by atoms with E-state index in [2.05, 4.69) is 4.90 Å². The number of likely N-dealkylation sites (N-methyl/N-ethyl adjacent to an activating group) is 1. The van der Waals surface area contributed by atoms with Crippen molar-refractivity contribution in [2.75, 3.05) is 27.7 Å². The summed E-state index contributed by atoms with van der Waals surface area (Å²) < 4.78 is 11.9. The number of ether oxygens (including phenoxy) is 2. The second kappa shape index (κ2) is 8.23. The summed E-state index contributed by atoms with van der Waals surface area (Å²) in [5.41, 5.74) is 6.92. The summed E-state index contributed by atoms with van der Waals surface area (Å²) in [6.07, 6.45) is 0.699. The lowest BCUT2D eigenvalue weighted by atomic mass is 10.1. The van der Waals surface area contributed by atoms with Gasteiger partial charge in [0.2, 0.25) is 0 Å². The number of carbonyl (C=O) groups excluding carboxylic acids is 2. The van der Waals surface area contributed by atoms with Crippen LogP contribution in [-0.4, -0.2) is 55.3 Å². The first-order valence-corrected chi connectivity index (χ1v) is 8.57. The Labute approximate surface area is 153 Å². The van der Waals surface area contributed by atoms with Gasteiger partial charge in [-0.1, -0.05) is 13.8 Å². The average Bonchev–Trinajstić information content (AvgIpc) is 2.94. The highest BCUT2D eigenvalue weighted by atomic mass is 16.6. The van der Waals surface area contributed by atoms with Crippen LogP contribution in [-0.2, 0) is 11.2 Å². The van der Waals surface area contributed by atoms with Crippen LogP contribution in [0.25, 0.3) is 10.9 Å². The molecule has 0 fully saturated rings. The maximum Gasteiger partial charge on any atom is 0.405 e. The Bertz CT molecular complexity index is 795. The van der Waals surface area contributed by atoms with Crippen LogP contribution in [0, 0.1) is 5.92 Å². The lowest BCUT2D eigenvalue weighted by Gasteiger charge is -2.19. The molecule has 2 rings (SSSR count). The minimum absolute atomic E-state index is 0.198. The molecular weight excluding hydrogens is 334 g/mol. The molecule has 0 bridgehead atoms. The second-order valence-corrected chi connectivity index (χ2v) is 6.90. The fourth-order valence-corrected chi connectivity index (χ4v) is 2.86. The van der Waals surface area contributed by atoms with Gasteiger partial charge in [0.25, 0.3) is 5.91 Å². The number of benzene rings is 1. The lowest BCUT2D eigenvalue weighted by molar-refractivity contribution is 0.0459. The van der Waals surface area contributed by atoms with Crippen LogP contribution >= 0.6 is 0 Å². The highest BCUT2D eigenvalue weighted by molar-refractivity contribution is 5.97. The molecule has 0 aliphatic carbocycles. The van der Waals surface area contributed by atoms with Crippen LogP contribution in [0.2, 0.25) is 0 Å². The summed E-state index contributed by atoms with van der Waals surface area (Å²) in [5, 5.41) is 0.945. The van der Waals surface area contributed by atoms with Crippen LogP contribution in [0.15, 0.2) is 24.4 Å². The third-order valence-electron chi connectivity index (χ3n) is 4.25. The number of carbonyl (C=O) groups is 2. The van der Waals surface area contributed by atoms with E-state index in [1.165, 1.54) is 0 Å². The first kappa shape index (κ1) is 19.8. The molecule has 7 heteroatoms. The Kier molecular flexibility index (Phi) is 6.26. The van der Waals surface area contributed by atoms with Gasteiger partial charge in [-0.3, -0.25) is 9.36 Å². The van der Waals surface area contributed by atoms with Gasteiger partial charge in [0.1, 0.15) is 5.75 Å². The van der Waals surface area contributed by atoms with Crippen LogP contribution < -0.4 is 10.5 Å². The van der Waals surface area contributed by atoms with Crippen molar-refractivity contribution in [3.8, 4) is 5.75 Å². The molecule has 0 aliphatic heterocycles. The third kappa shape index (κ3) is 4.35. The molecule has 0 radical (unpaired) electrons. The number of aromatic nitrogens is 1. The first-order valence-electron chi connectivity index (χ1n) is 8.57. The molecule has 1 atom stereocenters. The Morgan fingerprint density at radius 3 is 2.50 bits per heavy atom. The maximum atomic E-state index is 13.0. The van der Waals surface area contributed by atoms with Gasteiger partial charge in [0.05, 0.1) is 12.6 Å². The molecule has 26 heavy (non-hydrogen) atoms.